The summed E-state index contributed by atoms with van der Waals surface area (Å²) in [6.45, 7) is 6.21. The summed E-state index contributed by atoms with van der Waals surface area (Å²) in [5.74, 6) is -7.41. The third-order valence-corrected chi connectivity index (χ3v) is 7.24. The van der Waals surface area contributed by atoms with Crippen LogP contribution in [-0.4, -0.2) is 91.4 Å². The van der Waals surface area contributed by atoms with Crippen molar-refractivity contribution in [3.8, 4) is 0 Å². The van der Waals surface area contributed by atoms with E-state index >= 15 is 0 Å². The van der Waals surface area contributed by atoms with E-state index in [4.69, 9.17) is 19.7 Å². The van der Waals surface area contributed by atoms with Crippen molar-refractivity contribution < 1.29 is 54.1 Å². The van der Waals surface area contributed by atoms with E-state index in [2.05, 4.69) is 16.6 Å². The minimum Gasteiger partial charge on any atom is -0.479 e. The molecule has 2 aliphatic heterocycles. The molecule has 8 atom stereocenters. The Morgan fingerprint density at radius 2 is 1.82 bits per heavy atom. The number of esters is 1. The average molecular weight is 550 g/mol. The largest absolute Gasteiger partial charge is 0.479 e. The highest BCUT2D eigenvalue weighted by atomic mass is 16.8. The lowest BCUT2D eigenvalue weighted by molar-refractivity contribution is -0.377. The molecule has 1 aromatic carbocycles. The standard InChI is InChI=1S/C25H31N3O11/c1-13(18(37-15(3)29)14(2)11-16-7-5-4-6-8-16)9-10-23-19(30)20(31)25(39-23,22(34)35)24(36,21(32)33)17(38-23)12-27-28-26/h4-8,14,17-20,30-31,36H,1,9-12H2,2-3H3,(H,32,33)(H,34,35). The van der Waals surface area contributed by atoms with Crippen LogP contribution in [0.5, 0.6) is 0 Å². The number of ether oxygens (including phenoxy) is 3. The first kappa shape index (κ1) is 30.0. The van der Waals surface area contributed by atoms with E-state index in [9.17, 15) is 39.9 Å². The van der Waals surface area contributed by atoms with Gasteiger partial charge in [0.2, 0.25) is 11.2 Å². The second-order valence-electron chi connectivity index (χ2n) is 9.79. The number of azide groups is 1. The first-order valence-electron chi connectivity index (χ1n) is 12.1. The maximum atomic E-state index is 12.3. The van der Waals surface area contributed by atoms with Crippen molar-refractivity contribution in [3.63, 3.8) is 0 Å². The van der Waals surface area contributed by atoms with Gasteiger partial charge in [-0.1, -0.05) is 48.9 Å². The van der Waals surface area contributed by atoms with Crippen LogP contribution in [0.4, 0.5) is 0 Å². The Hall–Kier alpha value is -3.52. The summed E-state index contributed by atoms with van der Waals surface area (Å²) in [7, 11) is 0. The second kappa shape index (κ2) is 11.3. The van der Waals surface area contributed by atoms with Crippen molar-refractivity contribution in [2.45, 2.75) is 74.5 Å². The third kappa shape index (κ3) is 5.10. The summed E-state index contributed by atoms with van der Waals surface area (Å²) in [4.78, 5) is 38.8. The highest BCUT2D eigenvalue weighted by molar-refractivity contribution is 5.93. The smallest absolute Gasteiger partial charge is 0.342 e. The van der Waals surface area contributed by atoms with Gasteiger partial charge in [0.05, 0.1) is 6.54 Å². The van der Waals surface area contributed by atoms with Crippen LogP contribution < -0.4 is 0 Å². The molecule has 0 radical (unpaired) electrons. The number of benzene rings is 1. The summed E-state index contributed by atoms with van der Waals surface area (Å²) in [5, 5.41) is 55.7. The number of fused-ring (bicyclic) bond motifs is 2. The Morgan fingerprint density at radius 3 is 2.36 bits per heavy atom. The molecule has 39 heavy (non-hydrogen) atoms. The molecule has 14 heteroatoms. The van der Waals surface area contributed by atoms with Crippen molar-refractivity contribution in [1.82, 2.24) is 0 Å². The number of carboxylic acids is 2. The van der Waals surface area contributed by atoms with Crippen LogP contribution in [0.15, 0.2) is 47.6 Å². The molecule has 1 aromatic rings. The van der Waals surface area contributed by atoms with Gasteiger partial charge in [-0.25, -0.2) is 9.59 Å². The third-order valence-electron chi connectivity index (χ3n) is 7.24. The fraction of sp³-hybridized carbons (Fsp3) is 0.560. The number of carbonyl (C=O) groups is 3. The number of hydrogen-bond donors (Lipinski definition) is 5. The molecule has 2 saturated heterocycles. The highest BCUT2D eigenvalue weighted by Gasteiger charge is 2.83. The van der Waals surface area contributed by atoms with E-state index in [0.29, 0.717) is 12.0 Å². The monoisotopic (exact) mass is 549 g/mol. The molecule has 0 amide bonds. The summed E-state index contributed by atoms with van der Waals surface area (Å²) in [5.41, 5.74) is 3.33. The highest BCUT2D eigenvalue weighted by Crippen LogP contribution is 2.54. The summed E-state index contributed by atoms with van der Waals surface area (Å²) < 4.78 is 16.6. The molecule has 2 fully saturated rings. The molecule has 0 aromatic heterocycles. The number of nitrogens with zero attached hydrogens (tertiary/aromatic N) is 3. The lowest BCUT2D eigenvalue weighted by Crippen LogP contribution is -2.77. The molecular weight excluding hydrogens is 518 g/mol. The van der Waals surface area contributed by atoms with E-state index in [-0.39, 0.29) is 12.3 Å². The minimum atomic E-state index is -3.45. The number of aliphatic carboxylic acids is 2. The Kier molecular flexibility index (Phi) is 8.70. The number of carboxylic acid groups (broad SMARTS) is 2. The van der Waals surface area contributed by atoms with Crippen LogP contribution in [0.1, 0.15) is 32.3 Å². The number of rotatable bonds is 12. The zero-order chi connectivity index (χ0) is 29.2. The van der Waals surface area contributed by atoms with Gasteiger partial charge < -0.3 is 39.7 Å². The van der Waals surface area contributed by atoms with E-state index in [1.54, 1.807) is 0 Å². The molecule has 3 rings (SSSR count). The Bertz CT molecular complexity index is 1170. The van der Waals surface area contributed by atoms with Crippen LogP contribution in [-0.2, 0) is 35.0 Å². The average Bonchev–Trinajstić information content (AvgIpc) is 3.08. The van der Waals surface area contributed by atoms with Gasteiger partial charge in [-0.05, 0) is 29.5 Å². The molecule has 0 saturated carbocycles. The lowest BCUT2D eigenvalue weighted by atomic mass is 9.74. The van der Waals surface area contributed by atoms with Gasteiger partial charge in [-0.2, -0.15) is 0 Å². The van der Waals surface area contributed by atoms with Crippen molar-refractivity contribution in [1.29, 1.82) is 0 Å². The van der Waals surface area contributed by atoms with Gasteiger partial charge in [0.1, 0.15) is 24.4 Å². The van der Waals surface area contributed by atoms with Crippen LogP contribution in [0, 0.1) is 5.92 Å². The second-order valence-corrected chi connectivity index (χ2v) is 9.79. The molecule has 212 valence electrons. The van der Waals surface area contributed by atoms with Crippen LogP contribution in [0.25, 0.3) is 10.4 Å². The fourth-order valence-corrected chi connectivity index (χ4v) is 5.34. The van der Waals surface area contributed by atoms with Crippen LogP contribution >= 0.6 is 0 Å². The Balaban J connectivity index is 1.93. The molecular formula is C25H31N3O11. The zero-order valence-electron chi connectivity index (χ0n) is 21.3. The van der Waals surface area contributed by atoms with Gasteiger partial charge in [0.15, 0.2) is 5.79 Å². The first-order valence-corrected chi connectivity index (χ1v) is 12.1. The molecule has 0 aliphatic carbocycles. The van der Waals surface area contributed by atoms with Gasteiger partial charge in [-0.15, -0.1) is 0 Å². The molecule has 8 unspecified atom stereocenters. The summed E-state index contributed by atoms with van der Waals surface area (Å²) >= 11 is 0. The predicted octanol–water partition coefficient (Wildman–Crippen LogP) is 0.930. The Morgan fingerprint density at radius 1 is 1.18 bits per heavy atom. The zero-order valence-corrected chi connectivity index (χ0v) is 21.3. The molecule has 5 N–H and O–H groups in total. The molecule has 14 nitrogen and oxygen atoms in total. The maximum absolute atomic E-state index is 12.3. The molecule has 2 aliphatic rings. The topological polar surface area (TPSA) is 229 Å². The summed E-state index contributed by atoms with van der Waals surface area (Å²) in [6, 6.07) is 9.39. The number of aliphatic hydroxyl groups is 3. The first-order chi connectivity index (χ1) is 18.3. The van der Waals surface area contributed by atoms with Crippen molar-refractivity contribution in [2.75, 3.05) is 6.54 Å². The molecule has 0 spiro atoms. The van der Waals surface area contributed by atoms with E-state index in [1.807, 2.05) is 37.3 Å². The minimum absolute atomic E-state index is 0.101. The maximum Gasteiger partial charge on any atom is 0.342 e. The van der Waals surface area contributed by atoms with Gasteiger partial charge in [-0.3, -0.25) is 4.79 Å². The van der Waals surface area contributed by atoms with Gasteiger partial charge in [0.25, 0.3) is 0 Å². The molecule has 2 heterocycles. The van der Waals surface area contributed by atoms with Crippen LogP contribution in [0.3, 0.4) is 0 Å². The number of hydrogen-bond acceptors (Lipinski definition) is 10. The predicted molar refractivity (Wildman–Crippen MR) is 131 cm³/mol. The number of carbonyl (C=O) groups excluding carboxylic acids is 1. The van der Waals surface area contributed by atoms with Crippen molar-refractivity contribution >= 4 is 17.9 Å². The summed E-state index contributed by atoms with van der Waals surface area (Å²) in [6.07, 6.45) is -7.42. The Labute approximate surface area is 223 Å². The van der Waals surface area contributed by atoms with E-state index < -0.39 is 72.3 Å². The van der Waals surface area contributed by atoms with E-state index in [1.165, 1.54) is 6.92 Å². The van der Waals surface area contributed by atoms with Gasteiger partial charge >= 0.3 is 17.9 Å². The van der Waals surface area contributed by atoms with Crippen molar-refractivity contribution in [2.24, 2.45) is 11.0 Å². The normalized spacial score (nSPS) is 32.9. The fourth-order valence-electron chi connectivity index (χ4n) is 5.34. The van der Waals surface area contributed by atoms with Crippen molar-refractivity contribution in [3.05, 3.63) is 58.5 Å². The quantitative estimate of drug-likeness (QED) is 0.0809. The number of aliphatic hydroxyl groups excluding tert-OH is 2. The molecule has 2 bridgehead atoms. The SMILES string of the molecule is C=C(CCC12OC(CN=[N+]=[N-])C(O)(C(=O)O)C(C(=O)O)(O1)C(O)C2O)C(OC(C)=O)C(C)Cc1ccccc1. The lowest BCUT2D eigenvalue weighted by Gasteiger charge is -2.50. The van der Waals surface area contributed by atoms with E-state index in [0.717, 1.165) is 5.56 Å². The van der Waals surface area contributed by atoms with Crippen LogP contribution in [0.2, 0.25) is 0 Å². The van der Waals surface area contributed by atoms with Gasteiger partial charge in [0, 0.05) is 24.2 Å².